The molecule has 0 amide bonds. The number of hydrogen-bond acceptors (Lipinski definition) is 6. The fraction of sp³-hybridized carbons (Fsp3) is 0.333. The number of sulfonamides is 1. The van der Waals surface area contributed by atoms with Crippen LogP contribution in [-0.4, -0.2) is 48.9 Å². The van der Waals surface area contributed by atoms with Gasteiger partial charge in [0, 0.05) is 32.2 Å². The van der Waals surface area contributed by atoms with Crippen molar-refractivity contribution in [3.8, 4) is 0 Å². The number of anilines is 2. The third kappa shape index (κ3) is 3.45. The normalized spacial score (nSPS) is 16.3. The van der Waals surface area contributed by atoms with Crippen molar-refractivity contribution in [2.75, 3.05) is 36.8 Å². The Balaban J connectivity index is 1.73. The van der Waals surface area contributed by atoms with E-state index in [4.69, 9.17) is 17.3 Å². The molecule has 1 fully saturated rings. The first-order valence-electron chi connectivity index (χ1n) is 7.48. The zero-order chi connectivity index (χ0) is 17.3. The summed E-state index contributed by atoms with van der Waals surface area (Å²) in [4.78, 5) is 10.2. The first kappa shape index (κ1) is 16.9. The van der Waals surface area contributed by atoms with Crippen LogP contribution in [0.2, 0.25) is 5.15 Å². The van der Waals surface area contributed by atoms with Gasteiger partial charge in [-0.2, -0.15) is 9.29 Å². The van der Waals surface area contributed by atoms with E-state index in [1.807, 2.05) is 11.8 Å². The van der Waals surface area contributed by atoms with E-state index in [9.17, 15) is 8.42 Å². The monoisotopic (exact) mass is 367 g/mol. The molecule has 1 aliphatic heterocycles. The lowest BCUT2D eigenvalue weighted by Gasteiger charge is -2.34. The van der Waals surface area contributed by atoms with Crippen LogP contribution in [0.1, 0.15) is 5.56 Å². The minimum absolute atomic E-state index is 0.104. The maximum Gasteiger partial charge on any atom is 0.243 e. The van der Waals surface area contributed by atoms with E-state index >= 15 is 0 Å². The van der Waals surface area contributed by atoms with Gasteiger partial charge in [-0.3, -0.25) is 0 Å². The van der Waals surface area contributed by atoms with Crippen LogP contribution in [0.15, 0.2) is 35.2 Å². The number of piperazine rings is 1. The van der Waals surface area contributed by atoms with Gasteiger partial charge in [0.25, 0.3) is 0 Å². The average Bonchev–Trinajstić information content (AvgIpc) is 2.54. The van der Waals surface area contributed by atoms with E-state index in [1.165, 1.54) is 4.31 Å². The fourth-order valence-corrected chi connectivity index (χ4v) is 4.21. The molecule has 9 heteroatoms. The molecule has 1 aliphatic rings. The highest BCUT2D eigenvalue weighted by Gasteiger charge is 2.29. The maximum atomic E-state index is 12.7. The molecule has 1 aromatic carbocycles. The molecule has 7 nitrogen and oxygen atoms in total. The predicted molar refractivity (Wildman–Crippen MR) is 93.6 cm³/mol. The molecule has 0 unspecified atom stereocenters. The molecule has 0 saturated carbocycles. The Morgan fingerprint density at radius 2 is 1.71 bits per heavy atom. The third-order valence-corrected chi connectivity index (χ3v) is 6.03. The van der Waals surface area contributed by atoms with E-state index in [1.54, 1.807) is 30.3 Å². The van der Waals surface area contributed by atoms with Crippen LogP contribution in [0.4, 0.5) is 11.8 Å². The van der Waals surface area contributed by atoms with Crippen molar-refractivity contribution in [3.05, 3.63) is 41.0 Å². The van der Waals surface area contributed by atoms with Gasteiger partial charge in [0.2, 0.25) is 16.0 Å². The summed E-state index contributed by atoms with van der Waals surface area (Å²) in [5, 5.41) is 0.271. The van der Waals surface area contributed by atoms with Gasteiger partial charge in [0.05, 0.1) is 4.90 Å². The van der Waals surface area contributed by atoms with E-state index in [-0.39, 0.29) is 11.1 Å². The number of aryl methyl sites for hydroxylation is 1. The summed E-state index contributed by atoms with van der Waals surface area (Å²) in [6.45, 7) is 3.69. The lowest BCUT2D eigenvalue weighted by molar-refractivity contribution is 0.384. The molecule has 128 valence electrons. The lowest BCUT2D eigenvalue weighted by atomic mass is 10.2. The first-order chi connectivity index (χ1) is 11.4. The van der Waals surface area contributed by atoms with Gasteiger partial charge in [-0.05, 0) is 19.1 Å². The smallest absolute Gasteiger partial charge is 0.243 e. The molecule has 3 rings (SSSR count). The van der Waals surface area contributed by atoms with Gasteiger partial charge in [-0.25, -0.2) is 13.4 Å². The SMILES string of the molecule is Cc1ccc(S(=O)(=O)N2CCN(c3cc(Cl)nc(N)n3)CC2)cc1. The number of benzene rings is 1. The predicted octanol–water partition coefficient (Wildman–Crippen LogP) is 1.53. The molecule has 1 aromatic heterocycles. The van der Waals surface area contributed by atoms with Crippen molar-refractivity contribution in [3.63, 3.8) is 0 Å². The van der Waals surface area contributed by atoms with E-state index in [0.717, 1.165) is 5.56 Å². The molecule has 0 spiro atoms. The lowest BCUT2D eigenvalue weighted by Crippen LogP contribution is -2.49. The summed E-state index contributed by atoms with van der Waals surface area (Å²) < 4.78 is 26.9. The van der Waals surface area contributed by atoms with Crippen molar-refractivity contribution >= 4 is 33.4 Å². The zero-order valence-corrected chi connectivity index (χ0v) is 14.8. The molecular formula is C15H18ClN5O2S. The highest BCUT2D eigenvalue weighted by atomic mass is 35.5. The number of nitrogens with two attached hydrogens (primary N) is 1. The van der Waals surface area contributed by atoms with Gasteiger partial charge in [-0.1, -0.05) is 29.3 Å². The van der Waals surface area contributed by atoms with Gasteiger partial charge in [-0.15, -0.1) is 0 Å². The summed E-state index contributed by atoms with van der Waals surface area (Å²) >= 11 is 5.90. The van der Waals surface area contributed by atoms with E-state index in [2.05, 4.69) is 9.97 Å². The number of nitrogen functional groups attached to an aromatic ring is 1. The molecule has 2 heterocycles. The van der Waals surface area contributed by atoms with Crippen molar-refractivity contribution in [2.24, 2.45) is 0 Å². The maximum absolute atomic E-state index is 12.7. The molecule has 24 heavy (non-hydrogen) atoms. The fourth-order valence-electron chi connectivity index (χ4n) is 2.60. The number of rotatable bonds is 3. The number of hydrogen-bond donors (Lipinski definition) is 1. The van der Waals surface area contributed by atoms with Crippen LogP contribution < -0.4 is 10.6 Å². The van der Waals surface area contributed by atoms with Crippen LogP contribution in [0.25, 0.3) is 0 Å². The minimum atomic E-state index is -3.48. The molecule has 0 radical (unpaired) electrons. The molecular weight excluding hydrogens is 350 g/mol. The second-order valence-corrected chi connectivity index (χ2v) is 7.94. The molecule has 2 aromatic rings. The van der Waals surface area contributed by atoms with Crippen molar-refractivity contribution < 1.29 is 8.42 Å². The highest BCUT2D eigenvalue weighted by Crippen LogP contribution is 2.22. The quantitative estimate of drug-likeness (QED) is 0.827. The largest absolute Gasteiger partial charge is 0.368 e. The summed E-state index contributed by atoms with van der Waals surface area (Å²) in [7, 11) is -3.48. The summed E-state index contributed by atoms with van der Waals surface area (Å²) in [5.41, 5.74) is 6.64. The summed E-state index contributed by atoms with van der Waals surface area (Å²) in [6.07, 6.45) is 0. The standard InChI is InChI=1S/C15H18ClN5O2S/c1-11-2-4-12(5-3-11)24(22,23)21-8-6-20(7-9-21)14-10-13(16)18-15(17)19-14/h2-5,10H,6-9H2,1H3,(H2,17,18,19). The molecule has 2 N–H and O–H groups in total. The van der Waals surface area contributed by atoms with Gasteiger partial charge in [0.1, 0.15) is 11.0 Å². The number of nitrogens with zero attached hydrogens (tertiary/aromatic N) is 4. The summed E-state index contributed by atoms with van der Waals surface area (Å²) in [6, 6.07) is 8.51. The van der Waals surface area contributed by atoms with Crippen LogP contribution in [0.5, 0.6) is 0 Å². The Hall–Kier alpha value is -1.90. The van der Waals surface area contributed by atoms with E-state index in [0.29, 0.717) is 36.9 Å². The Morgan fingerprint density at radius 3 is 2.29 bits per heavy atom. The van der Waals surface area contributed by atoms with Crippen LogP contribution >= 0.6 is 11.6 Å². The van der Waals surface area contributed by atoms with Crippen molar-refractivity contribution in [1.29, 1.82) is 0 Å². The highest BCUT2D eigenvalue weighted by molar-refractivity contribution is 7.89. The number of aromatic nitrogens is 2. The van der Waals surface area contributed by atoms with Gasteiger partial charge >= 0.3 is 0 Å². The Labute approximate surface area is 146 Å². The molecule has 0 atom stereocenters. The second-order valence-electron chi connectivity index (χ2n) is 5.61. The van der Waals surface area contributed by atoms with Crippen molar-refractivity contribution in [1.82, 2.24) is 14.3 Å². The molecule has 0 aliphatic carbocycles. The Kier molecular flexibility index (Phi) is 4.62. The van der Waals surface area contributed by atoms with Crippen molar-refractivity contribution in [2.45, 2.75) is 11.8 Å². The van der Waals surface area contributed by atoms with Gasteiger partial charge in [0.15, 0.2) is 0 Å². The zero-order valence-electron chi connectivity index (χ0n) is 13.2. The third-order valence-electron chi connectivity index (χ3n) is 3.92. The average molecular weight is 368 g/mol. The van der Waals surface area contributed by atoms with E-state index < -0.39 is 10.0 Å². The topological polar surface area (TPSA) is 92.4 Å². The second kappa shape index (κ2) is 6.54. The van der Waals surface area contributed by atoms with Crippen LogP contribution in [-0.2, 0) is 10.0 Å². The van der Waals surface area contributed by atoms with Gasteiger partial charge < -0.3 is 10.6 Å². The molecule has 1 saturated heterocycles. The summed E-state index contributed by atoms with van der Waals surface area (Å²) in [5.74, 6) is 0.715. The van der Waals surface area contributed by atoms with Crippen LogP contribution in [0, 0.1) is 6.92 Å². The van der Waals surface area contributed by atoms with Crippen LogP contribution in [0.3, 0.4) is 0 Å². The Bertz CT molecular complexity index is 813. The molecule has 0 bridgehead atoms. The minimum Gasteiger partial charge on any atom is -0.368 e. The number of halogens is 1. The first-order valence-corrected chi connectivity index (χ1v) is 9.30. The Morgan fingerprint density at radius 1 is 1.08 bits per heavy atom.